The molecule has 0 radical (unpaired) electrons. The first-order valence-electron chi connectivity index (χ1n) is 6.33. The van der Waals surface area contributed by atoms with Gasteiger partial charge in [-0.25, -0.2) is 0 Å². The molecule has 0 aliphatic carbocycles. The fourth-order valence-electron chi connectivity index (χ4n) is 1.72. The van der Waals surface area contributed by atoms with E-state index in [1.54, 1.807) is 55.5 Å². The normalized spacial score (nSPS) is 11.7. The van der Waals surface area contributed by atoms with Crippen molar-refractivity contribution >= 4 is 23.3 Å². The summed E-state index contributed by atoms with van der Waals surface area (Å²) in [5.41, 5.74) is 6.20. The number of benzene rings is 2. The minimum absolute atomic E-state index is 0.110. The van der Waals surface area contributed by atoms with E-state index < -0.39 is 12.0 Å². The van der Waals surface area contributed by atoms with E-state index in [4.69, 9.17) is 22.1 Å². The van der Waals surface area contributed by atoms with Gasteiger partial charge in [0.1, 0.15) is 5.75 Å². The van der Waals surface area contributed by atoms with Gasteiger partial charge in [-0.3, -0.25) is 9.59 Å². The standard InChI is InChI=1S/C16H14ClNO3/c1-10(16(18)20)21-14-8-4-12(5-9-14)15(19)11-2-6-13(17)7-3-11/h2-10H,1H3,(H2,18,20)/t10-/m0/s1. The van der Waals surface area contributed by atoms with E-state index in [9.17, 15) is 9.59 Å². The lowest BCUT2D eigenvalue weighted by atomic mass is 10.0. The van der Waals surface area contributed by atoms with Crippen LogP contribution in [0.15, 0.2) is 48.5 Å². The summed E-state index contributed by atoms with van der Waals surface area (Å²) < 4.78 is 5.33. The van der Waals surface area contributed by atoms with Gasteiger partial charge in [0.15, 0.2) is 11.9 Å². The minimum atomic E-state index is -0.720. The minimum Gasteiger partial charge on any atom is -0.481 e. The highest BCUT2D eigenvalue weighted by molar-refractivity contribution is 6.30. The maximum absolute atomic E-state index is 12.2. The number of nitrogens with two attached hydrogens (primary N) is 1. The van der Waals surface area contributed by atoms with Gasteiger partial charge in [0.25, 0.3) is 5.91 Å². The van der Waals surface area contributed by atoms with Crippen LogP contribution >= 0.6 is 11.6 Å². The van der Waals surface area contributed by atoms with Crippen molar-refractivity contribution < 1.29 is 14.3 Å². The second-order valence-corrected chi connectivity index (χ2v) is 4.96. The Labute approximate surface area is 127 Å². The summed E-state index contributed by atoms with van der Waals surface area (Å²) in [5, 5.41) is 0.579. The molecule has 0 heterocycles. The van der Waals surface area contributed by atoms with Crippen molar-refractivity contribution in [3.63, 3.8) is 0 Å². The second kappa shape index (κ2) is 6.41. The van der Waals surface area contributed by atoms with Crippen molar-refractivity contribution in [1.29, 1.82) is 0 Å². The molecule has 5 heteroatoms. The zero-order chi connectivity index (χ0) is 15.4. The van der Waals surface area contributed by atoms with Crippen molar-refractivity contribution in [3.8, 4) is 5.75 Å². The van der Waals surface area contributed by atoms with Gasteiger partial charge in [-0.1, -0.05) is 11.6 Å². The van der Waals surface area contributed by atoms with Gasteiger partial charge < -0.3 is 10.5 Å². The van der Waals surface area contributed by atoms with Crippen LogP contribution in [-0.4, -0.2) is 17.8 Å². The monoisotopic (exact) mass is 303 g/mol. The molecule has 2 rings (SSSR count). The zero-order valence-electron chi connectivity index (χ0n) is 11.4. The smallest absolute Gasteiger partial charge is 0.258 e. The Hall–Kier alpha value is -2.33. The van der Waals surface area contributed by atoms with E-state index in [1.165, 1.54) is 0 Å². The molecule has 0 bridgehead atoms. The summed E-state index contributed by atoms with van der Waals surface area (Å²) in [6.45, 7) is 1.56. The van der Waals surface area contributed by atoms with Crippen molar-refractivity contribution in [2.24, 2.45) is 5.73 Å². The van der Waals surface area contributed by atoms with Crippen LogP contribution in [0.3, 0.4) is 0 Å². The van der Waals surface area contributed by atoms with Crippen LogP contribution in [-0.2, 0) is 4.79 Å². The molecule has 2 aromatic carbocycles. The van der Waals surface area contributed by atoms with Crippen LogP contribution in [0.1, 0.15) is 22.8 Å². The fraction of sp³-hybridized carbons (Fsp3) is 0.125. The number of carbonyl (C=O) groups is 2. The summed E-state index contributed by atoms with van der Waals surface area (Å²) in [5.74, 6) is -0.175. The van der Waals surface area contributed by atoms with Gasteiger partial charge in [0.2, 0.25) is 0 Å². The summed E-state index contributed by atoms with van der Waals surface area (Å²) in [7, 11) is 0. The molecule has 0 saturated heterocycles. The summed E-state index contributed by atoms with van der Waals surface area (Å²) in [6, 6.07) is 13.2. The van der Waals surface area contributed by atoms with E-state index in [-0.39, 0.29) is 5.78 Å². The molecule has 0 spiro atoms. The maximum Gasteiger partial charge on any atom is 0.258 e. The number of halogens is 1. The average Bonchev–Trinajstić information content (AvgIpc) is 2.48. The molecule has 0 aromatic heterocycles. The molecule has 0 aliphatic rings. The lowest BCUT2D eigenvalue weighted by Crippen LogP contribution is -2.30. The largest absolute Gasteiger partial charge is 0.481 e. The number of hydrogen-bond donors (Lipinski definition) is 1. The van der Waals surface area contributed by atoms with E-state index >= 15 is 0 Å². The van der Waals surface area contributed by atoms with Crippen molar-refractivity contribution in [2.75, 3.05) is 0 Å². The Kier molecular flexibility index (Phi) is 4.60. The third-order valence-corrected chi connectivity index (χ3v) is 3.19. The van der Waals surface area contributed by atoms with Crippen LogP contribution < -0.4 is 10.5 Å². The number of amides is 1. The van der Waals surface area contributed by atoms with Crippen molar-refractivity contribution in [1.82, 2.24) is 0 Å². The Morgan fingerprint density at radius 3 is 1.95 bits per heavy atom. The topological polar surface area (TPSA) is 69.4 Å². The third kappa shape index (κ3) is 3.83. The predicted molar refractivity (Wildman–Crippen MR) is 80.6 cm³/mol. The summed E-state index contributed by atoms with van der Waals surface area (Å²) in [4.78, 5) is 23.2. The van der Waals surface area contributed by atoms with E-state index in [1.807, 2.05) is 0 Å². The molecule has 0 unspecified atom stereocenters. The Morgan fingerprint density at radius 2 is 1.48 bits per heavy atom. The predicted octanol–water partition coefficient (Wildman–Crippen LogP) is 2.82. The first kappa shape index (κ1) is 15.1. The van der Waals surface area contributed by atoms with Gasteiger partial charge in [0, 0.05) is 16.1 Å². The van der Waals surface area contributed by atoms with E-state index in [0.717, 1.165) is 0 Å². The molecule has 4 nitrogen and oxygen atoms in total. The first-order chi connectivity index (χ1) is 9.97. The SMILES string of the molecule is C[C@H](Oc1ccc(C(=O)c2ccc(Cl)cc2)cc1)C(N)=O. The molecule has 0 fully saturated rings. The zero-order valence-corrected chi connectivity index (χ0v) is 12.1. The highest BCUT2D eigenvalue weighted by atomic mass is 35.5. The molecule has 21 heavy (non-hydrogen) atoms. The van der Waals surface area contributed by atoms with Gasteiger partial charge in [-0.2, -0.15) is 0 Å². The third-order valence-electron chi connectivity index (χ3n) is 2.94. The Morgan fingerprint density at radius 1 is 1.00 bits per heavy atom. The molecule has 1 atom stereocenters. The number of carbonyl (C=O) groups excluding carboxylic acids is 2. The van der Waals surface area contributed by atoms with Crippen LogP contribution in [0.25, 0.3) is 0 Å². The lowest BCUT2D eigenvalue weighted by Gasteiger charge is -2.11. The molecular weight excluding hydrogens is 290 g/mol. The maximum atomic E-state index is 12.2. The molecule has 0 aliphatic heterocycles. The second-order valence-electron chi connectivity index (χ2n) is 4.52. The highest BCUT2D eigenvalue weighted by Crippen LogP contribution is 2.18. The molecular formula is C16H14ClNO3. The number of ketones is 1. The van der Waals surface area contributed by atoms with E-state index in [0.29, 0.717) is 21.9 Å². The Bertz CT molecular complexity index is 650. The van der Waals surface area contributed by atoms with Crippen molar-refractivity contribution in [3.05, 3.63) is 64.7 Å². The highest BCUT2D eigenvalue weighted by Gasteiger charge is 2.12. The van der Waals surface area contributed by atoms with E-state index in [2.05, 4.69) is 0 Å². The summed E-state index contributed by atoms with van der Waals surface area (Å²) in [6.07, 6.45) is -0.720. The first-order valence-corrected chi connectivity index (χ1v) is 6.71. The van der Waals surface area contributed by atoms with Crippen LogP contribution in [0.2, 0.25) is 5.02 Å². The van der Waals surface area contributed by atoms with Gasteiger partial charge >= 0.3 is 0 Å². The quantitative estimate of drug-likeness (QED) is 0.864. The van der Waals surface area contributed by atoms with Crippen LogP contribution in [0.5, 0.6) is 5.75 Å². The fourth-order valence-corrected chi connectivity index (χ4v) is 1.84. The van der Waals surface area contributed by atoms with Crippen LogP contribution in [0.4, 0.5) is 0 Å². The number of hydrogen-bond acceptors (Lipinski definition) is 3. The number of ether oxygens (including phenoxy) is 1. The number of primary amides is 1. The number of rotatable bonds is 5. The lowest BCUT2D eigenvalue weighted by molar-refractivity contribution is -0.123. The molecule has 2 aromatic rings. The molecule has 0 saturated carbocycles. The van der Waals surface area contributed by atoms with Gasteiger partial charge in [-0.05, 0) is 55.5 Å². The molecule has 108 valence electrons. The Balaban J connectivity index is 2.13. The van der Waals surface area contributed by atoms with Gasteiger partial charge in [-0.15, -0.1) is 0 Å². The summed E-state index contributed by atoms with van der Waals surface area (Å²) >= 11 is 5.79. The van der Waals surface area contributed by atoms with Crippen molar-refractivity contribution in [2.45, 2.75) is 13.0 Å². The van der Waals surface area contributed by atoms with Crippen LogP contribution in [0, 0.1) is 0 Å². The van der Waals surface area contributed by atoms with Gasteiger partial charge in [0.05, 0.1) is 0 Å². The average molecular weight is 304 g/mol. The molecule has 2 N–H and O–H groups in total. The molecule has 1 amide bonds.